The molecule has 0 fully saturated rings. The molecule has 0 aliphatic heterocycles. The second kappa shape index (κ2) is 30.6. The Balaban J connectivity index is 0.876. The average molecular weight is 1480 g/mol. The molecule has 3 aromatic heterocycles. The number of nitrogens with zero attached hydrogens (tertiary/aromatic N) is 2. The minimum absolute atomic E-state index is 0.189. The van der Waals surface area contributed by atoms with Crippen LogP contribution in [0.5, 0.6) is 0 Å². The van der Waals surface area contributed by atoms with Gasteiger partial charge in [0.2, 0.25) is 0 Å². The molecule has 113 heavy (non-hydrogen) atoms. The molecule has 0 N–H and O–H groups in total. The quantitative estimate of drug-likeness (QED) is 0.0406. The van der Waals surface area contributed by atoms with Gasteiger partial charge in [-0.15, -0.1) is 0 Å². The second-order valence-corrected chi connectivity index (χ2v) is 33.5. The van der Waals surface area contributed by atoms with E-state index in [1.807, 2.05) is 12.4 Å². The van der Waals surface area contributed by atoms with E-state index in [2.05, 4.69) is 300 Å². The van der Waals surface area contributed by atoms with Gasteiger partial charge in [0.05, 0.1) is 10.8 Å². The SMILES string of the molecule is CCCCCCCC1(CCCCCCC)c2ccccc2-c2c1c1c(c3c2oc2ccccc23)-c2ccc(N(c3ccncc3)c3ccc4c(c3)C(c3ccccc3)(c3ccccc3)c3cc5c(cc3-4)C(c3ccccc3)(c3ccccc3)c3ccc4oc6ccccc6c4c3-5)cc2C1(CCCCCCC)CCCCCCC. The van der Waals surface area contributed by atoms with E-state index in [0.717, 1.165) is 70.2 Å². The van der Waals surface area contributed by atoms with E-state index in [9.17, 15) is 0 Å². The summed E-state index contributed by atoms with van der Waals surface area (Å²) in [4.78, 5) is 7.40. The van der Waals surface area contributed by atoms with Crippen LogP contribution >= 0.6 is 0 Å². The van der Waals surface area contributed by atoms with Gasteiger partial charge < -0.3 is 13.7 Å². The van der Waals surface area contributed by atoms with Gasteiger partial charge in [-0.3, -0.25) is 4.98 Å². The number of unbranched alkanes of at least 4 members (excludes halogenated alkanes) is 16. The molecule has 4 aliphatic carbocycles. The van der Waals surface area contributed by atoms with E-state index < -0.39 is 10.8 Å². The van der Waals surface area contributed by atoms with E-state index in [-0.39, 0.29) is 10.8 Å². The Morgan fingerprint density at radius 3 is 1.24 bits per heavy atom. The smallest absolute Gasteiger partial charge is 0.144 e. The van der Waals surface area contributed by atoms with E-state index in [0.29, 0.717) is 0 Å². The maximum Gasteiger partial charge on any atom is 0.144 e. The second-order valence-electron chi connectivity index (χ2n) is 33.5. The first-order chi connectivity index (χ1) is 55.9. The molecule has 0 unspecified atom stereocenters. The Bertz CT molecular complexity index is 5860. The van der Waals surface area contributed by atoms with E-state index in [4.69, 9.17) is 13.8 Å². The van der Waals surface area contributed by atoms with Gasteiger partial charge in [-0.05, 0) is 198 Å². The lowest BCUT2D eigenvalue weighted by molar-refractivity contribution is 0.369. The highest BCUT2D eigenvalue weighted by Gasteiger charge is 2.56. The third-order valence-electron chi connectivity index (χ3n) is 27.3. The van der Waals surface area contributed by atoms with Crippen LogP contribution in [-0.2, 0) is 21.7 Å². The molecular weight excluding hydrogens is 1370 g/mol. The number of furan rings is 2. The molecule has 4 heteroatoms. The minimum atomic E-state index is -0.779. The van der Waals surface area contributed by atoms with Crippen LogP contribution in [0.4, 0.5) is 17.1 Å². The summed E-state index contributed by atoms with van der Waals surface area (Å²) in [7, 11) is 0. The zero-order chi connectivity index (χ0) is 76.1. The number of anilines is 3. The molecule has 0 saturated heterocycles. The molecular formula is C109H106N2O2. The van der Waals surface area contributed by atoms with Crippen molar-refractivity contribution in [1.29, 1.82) is 0 Å². The fourth-order valence-corrected chi connectivity index (χ4v) is 22.4. The first-order valence-corrected chi connectivity index (χ1v) is 43.4. The van der Waals surface area contributed by atoms with Crippen LogP contribution in [0.2, 0.25) is 0 Å². The molecule has 4 aliphatic rings. The lowest BCUT2D eigenvalue weighted by atomic mass is 9.62. The number of aromatic nitrogens is 1. The maximum absolute atomic E-state index is 7.64. The van der Waals surface area contributed by atoms with Crippen molar-refractivity contribution in [3.63, 3.8) is 0 Å². The van der Waals surface area contributed by atoms with Crippen molar-refractivity contribution in [2.75, 3.05) is 4.90 Å². The van der Waals surface area contributed by atoms with Gasteiger partial charge in [0.25, 0.3) is 0 Å². The van der Waals surface area contributed by atoms with Gasteiger partial charge in [0, 0.05) is 67.4 Å². The summed E-state index contributed by atoms with van der Waals surface area (Å²) in [6, 6.07) is 103. The molecule has 0 bridgehead atoms. The largest absolute Gasteiger partial charge is 0.456 e. The third kappa shape index (κ3) is 11.6. The Labute approximate surface area is 669 Å². The van der Waals surface area contributed by atoms with Gasteiger partial charge in [0.1, 0.15) is 22.3 Å². The third-order valence-corrected chi connectivity index (χ3v) is 27.3. The number of para-hydroxylation sites is 2. The van der Waals surface area contributed by atoms with Crippen molar-refractivity contribution in [2.45, 2.75) is 203 Å². The molecule has 0 saturated carbocycles. The van der Waals surface area contributed by atoms with E-state index >= 15 is 0 Å². The molecule has 0 spiro atoms. The van der Waals surface area contributed by atoms with Gasteiger partial charge in [-0.1, -0.05) is 356 Å². The zero-order valence-electron chi connectivity index (χ0n) is 66.7. The maximum atomic E-state index is 7.64. The first-order valence-electron chi connectivity index (χ1n) is 43.4. The lowest BCUT2D eigenvalue weighted by Gasteiger charge is -2.40. The van der Waals surface area contributed by atoms with Crippen molar-refractivity contribution >= 4 is 60.9 Å². The summed E-state index contributed by atoms with van der Waals surface area (Å²) in [5.74, 6) is 0. The van der Waals surface area contributed by atoms with Crippen molar-refractivity contribution in [3.05, 3.63) is 346 Å². The Morgan fingerprint density at radius 1 is 0.274 bits per heavy atom. The Hall–Kier alpha value is -10.8. The first kappa shape index (κ1) is 72.4. The van der Waals surface area contributed by atoms with Crippen molar-refractivity contribution < 1.29 is 8.83 Å². The molecule has 3 heterocycles. The van der Waals surface area contributed by atoms with Crippen molar-refractivity contribution in [3.8, 4) is 44.5 Å². The van der Waals surface area contributed by atoms with E-state index in [1.165, 1.54) is 239 Å². The molecule has 0 atom stereocenters. The van der Waals surface area contributed by atoms with Crippen LogP contribution in [0.25, 0.3) is 88.4 Å². The van der Waals surface area contributed by atoms with Gasteiger partial charge in [-0.2, -0.15) is 0 Å². The highest BCUT2D eigenvalue weighted by molar-refractivity contribution is 6.21. The molecule has 12 aromatic carbocycles. The topological polar surface area (TPSA) is 42.4 Å². The van der Waals surface area contributed by atoms with Gasteiger partial charge in [-0.25, -0.2) is 0 Å². The fraction of sp³-hybridized carbons (Fsp3) is 0.294. The standard InChI is InChI=1S/C109H106N2O2/c1-5-9-13-17-39-65-106(66-40-18-14-10-6-2)89-54-36-33-51-83(89)102-104(106)103-100(101-86-53-35-38-56-96(86)113-105(101)102)84-60-58-80(71-91(84)107(103,67-41-19-15-11-7-3)68-42-20-16-12-8-4)111(79-63-69-110-70-64-79)81-57-59-82-87-73-94-88(74-93(87)109(92(82)72-81,77-47-29-23-30-48-77)78-49-31-24-32-50-78)98-90(61-62-97-99(98)85-52-34-37-55-95(85)112-97)108(94,75-43-25-21-26-44-75)76-45-27-22-28-46-76/h21-38,43-64,69-74H,5-20,39-42,65-68H2,1-4H3. The summed E-state index contributed by atoms with van der Waals surface area (Å²) in [5, 5.41) is 4.82. The molecule has 0 radical (unpaired) electrons. The molecule has 15 aromatic rings. The number of hydrogen-bond acceptors (Lipinski definition) is 4. The molecule has 564 valence electrons. The number of rotatable bonds is 31. The van der Waals surface area contributed by atoms with Crippen molar-refractivity contribution in [2.24, 2.45) is 0 Å². The Morgan fingerprint density at radius 2 is 0.690 bits per heavy atom. The van der Waals surface area contributed by atoms with Crippen LogP contribution < -0.4 is 4.90 Å². The summed E-state index contributed by atoms with van der Waals surface area (Å²) in [6.45, 7) is 9.48. The monoisotopic (exact) mass is 1470 g/mol. The molecule has 19 rings (SSSR count). The van der Waals surface area contributed by atoms with Crippen LogP contribution in [0, 0.1) is 0 Å². The minimum Gasteiger partial charge on any atom is -0.456 e. The summed E-state index contributed by atoms with van der Waals surface area (Å²) in [5.41, 5.74) is 32.1. The van der Waals surface area contributed by atoms with Crippen LogP contribution in [0.3, 0.4) is 0 Å². The van der Waals surface area contributed by atoms with Crippen molar-refractivity contribution in [1.82, 2.24) is 4.98 Å². The average Bonchev–Trinajstić information content (AvgIpc) is 1.50. The zero-order valence-corrected chi connectivity index (χ0v) is 66.7. The predicted octanol–water partition coefficient (Wildman–Crippen LogP) is 31.1. The Kier molecular flexibility index (Phi) is 19.6. The number of benzene rings is 12. The molecule has 4 nitrogen and oxygen atoms in total. The lowest BCUT2D eigenvalue weighted by Crippen LogP contribution is -2.33. The summed E-state index contributed by atoms with van der Waals surface area (Å²) in [6.07, 6.45) is 33.3. The van der Waals surface area contributed by atoms with Crippen LogP contribution in [-0.4, -0.2) is 4.98 Å². The predicted molar refractivity (Wildman–Crippen MR) is 474 cm³/mol. The highest BCUT2D eigenvalue weighted by atomic mass is 16.3. The van der Waals surface area contributed by atoms with Gasteiger partial charge in [0.15, 0.2) is 0 Å². The van der Waals surface area contributed by atoms with E-state index in [1.54, 1.807) is 16.7 Å². The van der Waals surface area contributed by atoms with Gasteiger partial charge >= 0.3 is 0 Å². The number of fused-ring (bicyclic) bond motifs is 22. The normalized spacial score (nSPS) is 14.6. The summed E-state index contributed by atoms with van der Waals surface area (Å²) < 4.78 is 14.6. The van der Waals surface area contributed by atoms with Crippen LogP contribution in [0.15, 0.2) is 288 Å². The van der Waals surface area contributed by atoms with Crippen LogP contribution in [0.1, 0.15) is 249 Å². The number of pyridine rings is 1. The summed E-state index contributed by atoms with van der Waals surface area (Å²) >= 11 is 0. The fourth-order valence-electron chi connectivity index (χ4n) is 22.4. The highest BCUT2D eigenvalue weighted by Crippen LogP contribution is 2.69. The molecule has 0 amide bonds. The number of hydrogen-bond donors (Lipinski definition) is 0.